The van der Waals surface area contributed by atoms with E-state index in [1.807, 2.05) is 48.5 Å². The molecule has 0 saturated heterocycles. The molecule has 0 aliphatic heterocycles. The number of nitrogens with two attached hydrogens (primary N) is 1. The van der Waals surface area contributed by atoms with Crippen molar-refractivity contribution < 1.29 is 18.2 Å². The summed E-state index contributed by atoms with van der Waals surface area (Å²) in [7, 11) is 7.53. The predicted molar refractivity (Wildman–Crippen MR) is 169 cm³/mol. The van der Waals surface area contributed by atoms with Crippen LogP contribution in [-0.4, -0.2) is 6.16 Å². The Morgan fingerprint density at radius 3 is 1.60 bits per heavy atom. The van der Waals surface area contributed by atoms with E-state index in [1.165, 1.54) is 12.6 Å². The summed E-state index contributed by atoms with van der Waals surface area (Å²) < 4.78 is 0. The summed E-state index contributed by atoms with van der Waals surface area (Å²) in [6, 6.07) is 18.8. The third-order valence-corrected chi connectivity index (χ3v) is 12.7. The van der Waals surface area contributed by atoms with Crippen LogP contribution >= 0.6 is 18.8 Å². The van der Waals surface area contributed by atoms with Gasteiger partial charge in [-0.15, -0.1) is 45.1 Å². The van der Waals surface area contributed by atoms with Crippen molar-refractivity contribution in [3.63, 3.8) is 0 Å². The van der Waals surface area contributed by atoms with Gasteiger partial charge in [0.15, 0.2) is 0 Å². The second kappa shape index (κ2) is 12.7. The zero-order valence-corrected chi connectivity index (χ0v) is 27.6. The number of rotatable bonds is 6. The Morgan fingerprint density at radius 1 is 0.750 bits per heavy atom. The maximum absolute atomic E-state index is 5.83. The van der Waals surface area contributed by atoms with Crippen molar-refractivity contribution in [3.05, 3.63) is 54.6 Å². The molecule has 2 aromatic carbocycles. The van der Waals surface area contributed by atoms with Gasteiger partial charge in [-0.05, 0) is 160 Å². The van der Waals surface area contributed by atoms with Gasteiger partial charge in [-0.25, -0.2) is 0 Å². The molecule has 1 nitrogen and oxygen atoms in total. The number of para-hydroxylation sites is 1. The molecule has 2 N–H and O–H groups in total. The molecule has 1 unspecified atom stereocenters. The number of benzene rings is 2. The van der Waals surface area contributed by atoms with E-state index in [9.17, 15) is 0 Å². The average molecular weight is 669 g/mol. The third-order valence-electron chi connectivity index (χ3n) is 12.3. The Labute approximate surface area is 261 Å². The van der Waals surface area contributed by atoms with Gasteiger partial charge in [0.2, 0.25) is 0 Å². The van der Waals surface area contributed by atoms with Crippen molar-refractivity contribution in [2.24, 2.45) is 52.3 Å². The number of hydrogen-bond donors (Lipinski definition) is 1. The average Bonchev–Trinajstić information content (AvgIpc) is 2.94. The van der Waals surface area contributed by atoms with Crippen LogP contribution in [0.1, 0.15) is 89.9 Å². The van der Waals surface area contributed by atoms with Gasteiger partial charge in [-0.1, -0.05) is 23.8 Å². The van der Waals surface area contributed by atoms with Crippen molar-refractivity contribution in [2.45, 2.75) is 89.9 Å². The summed E-state index contributed by atoms with van der Waals surface area (Å²) in [5.74, 6) is 7.94. The van der Waals surface area contributed by atoms with Crippen LogP contribution in [0.4, 0.5) is 5.69 Å². The minimum absolute atomic E-state index is 0.796. The molecule has 8 aliphatic rings. The minimum atomic E-state index is 0.796. The van der Waals surface area contributed by atoms with Crippen molar-refractivity contribution >= 4 is 24.5 Å². The molecule has 220 valence electrons. The van der Waals surface area contributed by atoms with E-state index in [1.54, 1.807) is 83.5 Å². The first-order chi connectivity index (χ1) is 19.5. The SMILES string of the molecule is Nc1ccccc1-c1[c-]cccc1.PCCCC(C12CC3CC(CC(C3)C1)C2)C12CC3CC(CC(C3)C1)C2.[Cl][Pd+]. The molecule has 10 rings (SSSR count). The van der Waals surface area contributed by atoms with Crippen LogP contribution < -0.4 is 5.73 Å². The van der Waals surface area contributed by atoms with E-state index in [4.69, 9.17) is 5.73 Å². The normalized spacial score (nSPS) is 38.7. The van der Waals surface area contributed by atoms with Gasteiger partial charge in [0.1, 0.15) is 0 Å². The molecule has 0 radical (unpaired) electrons. The molecule has 2 aromatic rings. The van der Waals surface area contributed by atoms with E-state index < -0.39 is 0 Å². The number of nitrogen functional groups attached to an aromatic ring is 1. The molecule has 0 spiro atoms. The molecule has 0 heterocycles. The summed E-state index contributed by atoms with van der Waals surface area (Å²) in [6.07, 6.45) is 24.1. The number of halogens is 1. The second-order valence-electron chi connectivity index (χ2n) is 14.9. The predicted octanol–water partition coefficient (Wildman–Crippen LogP) is 10.1. The molecule has 40 heavy (non-hydrogen) atoms. The van der Waals surface area contributed by atoms with Gasteiger partial charge in [0.25, 0.3) is 0 Å². The fourth-order valence-electron chi connectivity index (χ4n) is 12.1. The second-order valence-corrected chi connectivity index (χ2v) is 15.5. The summed E-state index contributed by atoms with van der Waals surface area (Å²) in [5.41, 5.74) is 10.3. The van der Waals surface area contributed by atoms with E-state index in [2.05, 4.69) is 43.0 Å². The molecular formula is C36H49ClNPPd. The quantitative estimate of drug-likeness (QED) is 0.141. The first-order valence-electron chi connectivity index (χ1n) is 16.2. The van der Waals surface area contributed by atoms with Gasteiger partial charge < -0.3 is 5.73 Å². The van der Waals surface area contributed by atoms with Crippen LogP contribution in [0.25, 0.3) is 11.1 Å². The Bertz CT molecular complexity index is 1000. The van der Waals surface area contributed by atoms with Crippen LogP contribution in [0.5, 0.6) is 0 Å². The van der Waals surface area contributed by atoms with Crippen molar-refractivity contribution in [1.82, 2.24) is 0 Å². The van der Waals surface area contributed by atoms with Gasteiger partial charge in [-0.2, -0.15) is 0 Å². The van der Waals surface area contributed by atoms with Crippen LogP contribution in [0.2, 0.25) is 0 Å². The summed E-state index contributed by atoms with van der Waals surface area (Å²) in [5, 5.41) is 0. The summed E-state index contributed by atoms with van der Waals surface area (Å²) >= 11 is 2.22. The molecule has 8 bridgehead atoms. The Balaban J connectivity index is 0.000000164. The van der Waals surface area contributed by atoms with Crippen molar-refractivity contribution in [2.75, 3.05) is 11.9 Å². The van der Waals surface area contributed by atoms with Gasteiger partial charge in [0, 0.05) is 0 Å². The molecule has 0 amide bonds. The van der Waals surface area contributed by atoms with E-state index in [0.29, 0.717) is 0 Å². The van der Waals surface area contributed by atoms with Crippen LogP contribution in [0, 0.1) is 58.3 Å². The topological polar surface area (TPSA) is 26.0 Å². The monoisotopic (exact) mass is 667 g/mol. The van der Waals surface area contributed by atoms with Crippen molar-refractivity contribution in [1.29, 1.82) is 0 Å². The molecule has 4 heteroatoms. The summed E-state index contributed by atoms with van der Waals surface area (Å²) in [6.45, 7) is 0. The number of anilines is 1. The Morgan fingerprint density at radius 2 is 1.20 bits per heavy atom. The van der Waals surface area contributed by atoms with Gasteiger partial charge in [-0.3, -0.25) is 0 Å². The molecular weight excluding hydrogens is 619 g/mol. The maximum atomic E-state index is 5.83. The van der Waals surface area contributed by atoms with E-state index >= 15 is 0 Å². The van der Waals surface area contributed by atoms with Crippen LogP contribution in [0.15, 0.2) is 48.5 Å². The first kappa shape index (κ1) is 29.7. The zero-order chi connectivity index (χ0) is 27.7. The van der Waals surface area contributed by atoms with E-state index in [0.717, 1.165) is 69.1 Å². The summed E-state index contributed by atoms with van der Waals surface area (Å²) in [4.78, 5) is 0. The zero-order valence-electron chi connectivity index (χ0n) is 24.1. The fourth-order valence-corrected chi connectivity index (χ4v) is 12.3. The third kappa shape index (κ3) is 5.88. The fraction of sp³-hybridized carbons (Fsp3) is 0.667. The Hall–Kier alpha value is -0.378. The van der Waals surface area contributed by atoms with Gasteiger partial charge in [0.05, 0.1) is 0 Å². The molecule has 8 fully saturated rings. The Kier molecular flexibility index (Phi) is 9.42. The molecule has 8 aliphatic carbocycles. The van der Waals surface area contributed by atoms with Crippen molar-refractivity contribution in [3.8, 4) is 11.1 Å². The van der Waals surface area contributed by atoms with Gasteiger partial charge >= 0.3 is 27.7 Å². The first-order valence-corrected chi connectivity index (χ1v) is 19.0. The molecule has 0 aromatic heterocycles. The standard InChI is InChI=1S/C24H39P.C12H10N.ClH.Pd/c25-3-1-2-22(23-10-16-4-17(11-23)6-18(5-16)12-23)24-13-19-7-20(14-24)9-21(8-19)15-24;13-12-9-5-4-8-11(12)10-6-2-1-3-7-10;;/h16-22H,1-15,25H2;1-6,8-9H,13H2;1H;/q;-1;;+2/p-1. The molecule has 8 saturated carbocycles. The van der Waals surface area contributed by atoms with Crippen LogP contribution in [-0.2, 0) is 18.2 Å². The molecule has 1 atom stereocenters. The number of hydrogen-bond acceptors (Lipinski definition) is 1. The van der Waals surface area contributed by atoms with Crippen LogP contribution in [0.3, 0.4) is 0 Å². The van der Waals surface area contributed by atoms with E-state index in [-0.39, 0.29) is 0 Å².